The fourth-order valence-electron chi connectivity index (χ4n) is 1.76. The highest BCUT2D eigenvalue weighted by atomic mass is 16.5. The lowest BCUT2D eigenvalue weighted by Crippen LogP contribution is -2.00. The maximum atomic E-state index is 11.1. The third-order valence-electron chi connectivity index (χ3n) is 2.64. The molecule has 0 radical (unpaired) electrons. The van der Waals surface area contributed by atoms with E-state index >= 15 is 0 Å². The summed E-state index contributed by atoms with van der Waals surface area (Å²) in [5.74, 6) is -0.0323. The number of hydrogen-bond donors (Lipinski definition) is 1. The van der Waals surface area contributed by atoms with Crippen LogP contribution < -0.4 is 4.74 Å². The van der Waals surface area contributed by atoms with E-state index in [1.165, 1.54) is 10.6 Å². The molecule has 0 saturated carbocycles. The number of nitrogens with zero attached hydrogens (tertiary/aromatic N) is 4. The lowest BCUT2D eigenvalue weighted by molar-refractivity contribution is 0.0698. The van der Waals surface area contributed by atoms with Crippen molar-refractivity contribution >= 4 is 11.6 Å². The molecule has 0 fully saturated rings. The molecule has 0 unspecified atom stereocenters. The second kappa shape index (κ2) is 4.96. The first kappa shape index (κ1) is 12.1. The number of aromatic nitrogens is 4. The molecule has 0 bridgehead atoms. The molecule has 20 heavy (non-hydrogen) atoms. The first-order valence-corrected chi connectivity index (χ1v) is 5.84. The Morgan fingerprint density at radius 3 is 3.00 bits per heavy atom. The molecule has 0 aromatic carbocycles. The zero-order valence-electron chi connectivity index (χ0n) is 10.3. The normalized spacial score (nSPS) is 10.6. The molecule has 0 spiro atoms. The van der Waals surface area contributed by atoms with Crippen LogP contribution in [0.25, 0.3) is 5.65 Å². The number of hydrogen-bond acceptors (Lipinski definition) is 5. The molecule has 0 aliphatic carbocycles. The van der Waals surface area contributed by atoms with Gasteiger partial charge in [0.2, 0.25) is 0 Å². The molecule has 3 aromatic heterocycles. The summed E-state index contributed by atoms with van der Waals surface area (Å²) in [6, 6.07) is 6.62. The van der Waals surface area contributed by atoms with Gasteiger partial charge >= 0.3 is 5.97 Å². The number of carboxylic acid groups (broad SMARTS) is 1. The molecule has 0 aliphatic rings. The van der Waals surface area contributed by atoms with Gasteiger partial charge in [-0.3, -0.25) is 4.98 Å². The van der Waals surface area contributed by atoms with E-state index in [0.29, 0.717) is 17.2 Å². The molecule has 7 heteroatoms. The van der Waals surface area contributed by atoms with Gasteiger partial charge in [0, 0.05) is 12.4 Å². The Kier molecular flexibility index (Phi) is 3.00. The number of pyridine rings is 2. The Labute approximate surface area is 113 Å². The Morgan fingerprint density at radius 2 is 2.25 bits per heavy atom. The average Bonchev–Trinajstić information content (AvgIpc) is 2.88. The van der Waals surface area contributed by atoms with E-state index in [1.807, 2.05) is 0 Å². The summed E-state index contributed by atoms with van der Waals surface area (Å²) in [6.45, 7) is 0.145. The van der Waals surface area contributed by atoms with Crippen molar-refractivity contribution in [3.63, 3.8) is 0 Å². The van der Waals surface area contributed by atoms with E-state index in [9.17, 15) is 4.79 Å². The van der Waals surface area contributed by atoms with Crippen molar-refractivity contribution in [2.24, 2.45) is 0 Å². The van der Waals surface area contributed by atoms with Crippen LogP contribution in [0.5, 0.6) is 5.75 Å². The van der Waals surface area contributed by atoms with Crippen LogP contribution in [0.3, 0.4) is 0 Å². The van der Waals surface area contributed by atoms with Gasteiger partial charge < -0.3 is 9.84 Å². The fourth-order valence-corrected chi connectivity index (χ4v) is 1.76. The van der Waals surface area contributed by atoms with Crippen LogP contribution in [0.15, 0.2) is 42.9 Å². The lowest BCUT2D eigenvalue weighted by atomic mass is 10.3. The van der Waals surface area contributed by atoms with E-state index in [2.05, 4.69) is 15.1 Å². The molecule has 7 nitrogen and oxygen atoms in total. The second-order valence-electron chi connectivity index (χ2n) is 4.00. The van der Waals surface area contributed by atoms with Crippen molar-refractivity contribution in [1.82, 2.24) is 19.6 Å². The quantitative estimate of drug-likeness (QED) is 0.770. The van der Waals surface area contributed by atoms with Gasteiger partial charge in [-0.15, -0.1) is 5.10 Å². The van der Waals surface area contributed by atoms with Crippen molar-refractivity contribution in [1.29, 1.82) is 0 Å². The zero-order chi connectivity index (χ0) is 13.9. The van der Waals surface area contributed by atoms with E-state index in [0.717, 1.165) is 0 Å². The molecule has 0 saturated heterocycles. The Balaban J connectivity index is 1.86. The first-order chi connectivity index (χ1) is 9.74. The zero-order valence-corrected chi connectivity index (χ0v) is 10.3. The third kappa shape index (κ3) is 2.28. The molecule has 3 rings (SSSR count). The minimum absolute atomic E-state index is 0.104. The standard InChI is InChI=1S/C13H10N4O3/c18-13(19)10-4-2-6-17-12(10)15-11(16-17)8-20-9-3-1-5-14-7-9/h1-7H,8H2,(H,18,19). The van der Waals surface area contributed by atoms with Crippen LogP contribution in [0.2, 0.25) is 0 Å². The molecule has 0 aliphatic heterocycles. The van der Waals surface area contributed by atoms with Gasteiger partial charge in [-0.2, -0.15) is 0 Å². The number of fused-ring (bicyclic) bond motifs is 1. The highest BCUT2D eigenvalue weighted by Gasteiger charge is 2.13. The summed E-state index contributed by atoms with van der Waals surface area (Å²) in [5, 5.41) is 13.2. The summed E-state index contributed by atoms with van der Waals surface area (Å²) >= 11 is 0. The maximum Gasteiger partial charge on any atom is 0.339 e. The van der Waals surface area contributed by atoms with E-state index in [-0.39, 0.29) is 12.2 Å². The van der Waals surface area contributed by atoms with Gasteiger partial charge in [-0.1, -0.05) is 0 Å². The molecule has 100 valence electrons. The maximum absolute atomic E-state index is 11.1. The lowest BCUT2D eigenvalue weighted by Gasteiger charge is -2.00. The third-order valence-corrected chi connectivity index (χ3v) is 2.64. The van der Waals surface area contributed by atoms with E-state index in [4.69, 9.17) is 9.84 Å². The Bertz CT molecular complexity index is 755. The van der Waals surface area contributed by atoms with Crippen LogP contribution in [0.4, 0.5) is 0 Å². The molecular weight excluding hydrogens is 260 g/mol. The SMILES string of the molecule is O=C(O)c1cccn2nc(COc3cccnc3)nc12. The molecule has 1 N–H and O–H groups in total. The molecular formula is C13H10N4O3. The van der Waals surface area contributed by atoms with E-state index in [1.54, 1.807) is 36.8 Å². The Morgan fingerprint density at radius 1 is 1.35 bits per heavy atom. The van der Waals surface area contributed by atoms with Crippen LogP contribution in [-0.4, -0.2) is 30.7 Å². The van der Waals surface area contributed by atoms with Crippen molar-refractivity contribution in [3.05, 3.63) is 54.2 Å². The van der Waals surface area contributed by atoms with Gasteiger partial charge in [0.25, 0.3) is 0 Å². The number of rotatable bonds is 4. The van der Waals surface area contributed by atoms with Crippen molar-refractivity contribution in [2.45, 2.75) is 6.61 Å². The van der Waals surface area contributed by atoms with Gasteiger partial charge in [0.15, 0.2) is 11.5 Å². The number of carboxylic acids is 1. The predicted molar refractivity (Wildman–Crippen MR) is 68.5 cm³/mol. The summed E-state index contributed by atoms with van der Waals surface area (Å²) in [5.41, 5.74) is 0.400. The highest BCUT2D eigenvalue weighted by molar-refractivity contribution is 5.94. The summed E-state index contributed by atoms with van der Waals surface area (Å²) < 4.78 is 6.90. The van der Waals surface area contributed by atoms with E-state index < -0.39 is 5.97 Å². The summed E-state index contributed by atoms with van der Waals surface area (Å²) in [7, 11) is 0. The average molecular weight is 270 g/mol. The van der Waals surface area contributed by atoms with Gasteiger partial charge in [-0.05, 0) is 24.3 Å². The first-order valence-electron chi connectivity index (χ1n) is 5.84. The van der Waals surface area contributed by atoms with Crippen LogP contribution in [0, 0.1) is 0 Å². The largest absolute Gasteiger partial charge is 0.484 e. The molecule has 3 heterocycles. The predicted octanol–water partition coefficient (Wildman–Crippen LogP) is 1.40. The fraction of sp³-hybridized carbons (Fsp3) is 0.0769. The van der Waals surface area contributed by atoms with Gasteiger partial charge in [0.1, 0.15) is 17.9 Å². The van der Waals surface area contributed by atoms with Gasteiger partial charge in [0.05, 0.1) is 6.20 Å². The molecule has 0 amide bonds. The Hall–Kier alpha value is -2.96. The van der Waals surface area contributed by atoms with Crippen LogP contribution in [0.1, 0.15) is 16.2 Å². The summed E-state index contributed by atoms with van der Waals surface area (Å²) in [6.07, 6.45) is 4.87. The summed E-state index contributed by atoms with van der Waals surface area (Å²) in [4.78, 5) is 19.2. The number of aromatic carboxylic acids is 1. The van der Waals surface area contributed by atoms with Crippen LogP contribution >= 0.6 is 0 Å². The van der Waals surface area contributed by atoms with Gasteiger partial charge in [-0.25, -0.2) is 14.3 Å². The van der Waals surface area contributed by atoms with Crippen LogP contribution in [-0.2, 0) is 6.61 Å². The topological polar surface area (TPSA) is 89.6 Å². The number of carbonyl (C=O) groups is 1. The number of ether oxygens (including phenoxy) is 1. The highest BCUT2D eigenvalue weighted by Crippen LogP contribution is 2.11. The van der Waals surface area contributed by atoms with Crippen molar-refractivity contribution < 1.29 is 14.6 Å². The van der Waals surface area contributed by atoms with Crippen molar-refractivity contribution in [3.8, 4) is 5.75 Å². The smallest absolute Gasteiger partial charge is 0.339 e. The van der Waals surface area contributed by atoms with Crippen molar-refractivity contribution in [2.75, 3.05) is 0 Å². The molecule has 0 atom stereocenters. The minimum Gasteiger partial charge on any atom is -0.484 e. The minimum atomic E-state index is -1.04. The monoisotopic (exact) mass is 270 g/mol. The molecule has 3 aromatic rings. The second-order valence-corrected chi connectivity index (χ2v) is 4.00.